The van der Waals surface area contributed by atoms with Gasteiger partial charge in [-0.05, 0) is 55.2 Å². The maximum atomic E-state index is 12.7. The Morgan fingerprint density at radius 2 is 2.00 bits per heavy atom. The number of benzene rings is 1. The summed E-state index contributed by atoms with van der Waals surface area (Å²) in [6.07, 6.45) is 3.29. The zero-order chi connectivity index (χ0) is 17.7. The zero-order valence-electron chi connectivity index (χ0n) is 15.4. The van der Waals surface area contributed by atoms with E-state index in [0.717, 1.165) is 18.4 Å². The van der Waals surface area contributed by atoms with E-state index in [4.69, 9.17) is 9.47 Å². The molecule has 1 aromatic carbocycles. The Balaban J connectivity index is 2.12. The predicted molar refractivity (Wildman–Crippen MR) is 97.3 cm³/mol. The normalized spacial score (nSPS) is 23.8. The van der Waals surface area contributed by atoms with Crippen LogP contribution in [0.4, 0.5) is 0 Å². The molecule has 0 heterocycles. The van der Waals surface area contributed by atoms with Crippen molar-refractivity contribution in [3.8, 4) is 5.75 Å². The molecule has 2 rings (SSSR count). The summed E-state index contributed by atoms with van der Waals surface area (Å²) in [7, 11) is 0. The van der Waals surface area contributed by atoms with Crippen molar-refractivity contribution >= 4 is 5.97 Å². The third kappa shape index (κ3) is 4.86. The van der Waals surface area contributed by atoms with Gasteiger partial charge in [-0.15, -0.1) is 0 Å². The Morgan fingerprint density at radius 1 is 1.29 bits per heavy atom. The molecule has 1 aliphatic carbocycles. The Hall–Kier alpha value is -1.77. The smallest absolute Gasteiger partial charge is 0.342 e. The van der Waals surface area contributed by atoms with Crippen LogP contribution >= 0.6 is 0 Å². The topological polar surface area (TPSA) is 35.5 Å². The molecule has 1 saturated carbocycles. The maximum absolute atomic E-state index is 12.7. The van der Waals surface area contributed by atoms with Crippen LogP contribution in [0.1, 0.15) is 57.3 Å². The summed E-state index contributed by atoms with van der Waals surface area (Å²) in [5.74, 6) is 1.85. The van der Waals surface area contributed by atoms with Gasteiger partial charge in [0.25, 0.3) is 0 Å². The summed E-state index contributed by atoms with van der Waals surface area (Å²) in [5.41, 5.74) is 1.42. The van der Waals surface area contributed by atoms with Gasteiger partial charge in [-0.1, -0.05) is 45.9 Å². The highest BCUT2D eigenvalue weighted by atomic mass is 16.5. The van der Waals surface area contributed by atoms with E-state index in [2.05, 4.69) is 27.4 Å². The number of rotatable bonds is 6. The highest BCUT2D eigenvalue weighted by Gasteiger charge is 2.34. The summed E-state index contributed by atoms with van der Waals surface area (Å²) in [6, 6.07) is 7.29. The van der Waals surface area contributed by atoms with Gasteiger partial charge in [0.1, 0.15) is 24.0 Å². The van der Waals surface area contributed by atoms with E-state index < -0.39 is 0 Å². The average Bonchev–Trinajstić information content (AvgIpc) is 2.52. The van der Waals surface area contributed by atoms with Crippen molar-refractivity contribution < 1.29 is 14.3 Å². The van der Waals surface area contributed by atoms with E-state index in [-0.39, 0.29) is 12.1 Å². The second kappa shape index (κ2) is 8.36. The van der Waals surface area contributed by atoms with Crippen molar-refractivity contribution in [1.29, 1.82) is 0 Å². The fourth-order valence-electron chi connectivity index (χ4n) is 3.41. The predicted octanol–water partition coefficient (Wildman–Crippen LogP) is 5.26. The maximum Gasteiger partial charge on any atom is 0.342 e. The molecule has 1 fully saturated rings. The third-order valence-corrected chi connectivity index (χ3v) is 4.80. The molecule has 3 nitrogen and oxygen atoms in total. The molecule has 0 bridgehead atoms. The second-order valence-corrected chi connectivity index (χ2v) is 7.51. The Morgan fingerprint density at radius 3 is 2.67 bits per heavy atom. The van der Waals surface area contributed by atoms with Crippen LogP contribution in [0, 0.1) is 17.8 Å². The van der Waals surface area contributed by atoms with Crippen LogP contribution in [0.3, 0.4) is 0 Å². The Labute approximate surface area is 146 Å². The van der Waals surface area contributed by atoms with Crippen molar-refractivity contribution in [3.63, 3.8) is 0 Å². The Kier molecular flexibility index (Phi) is 6.47. The van der Waals surface area contributed by atoms with Gasteiger partial charge in [0.2, 0.25) is 0 Å². The van der Waals surface area contributed by atoms with E-state index in [1.54, 1.807) is 6.07 Å². The lowest BCUT2D eigenvalue weighted by atomic mass is 9.75. The van der Waals surface area contributed by atoms with Crippen LogP contribution in [-0.2, 0) is 4.74 Å². The quantitative estimate of drug-likeness (QED) is 0.527. The Bertz CT molecular complexity index is 576. The number of esters is 1. The minimum Gasteiger partial charge on any atom is -0.488 e. The molecule has 0 saturated heterocycles. The van der Waals surface area contributed by atoms with Crippen molar-refractivity contribution in [2.24, 2.45) is 17.8 Å². The van der Waals surface area contributed by atoms with Gasteiger partial charge in [0.05, 0.1) is 0 Å². The van der Waals surface area contributed by atoms with Crippen molar-refractivity contribution in [1.82, 2.24) is 0 Å². The molecule has 0 radical (unpaired) electrons. The molecule has 3 heteroatoms. The van der Waals surface area contributed by atoms with Crippen molar-refractivity contribution in [2.45, 2.75) is 53.1 Å². The summed E-state index contributed by atoms with van der Waals surface area (Å²) >= 11 is 0. The van der Waals surface area contributed by atoms with Crippen LogP contribution in [0.15, 0.2) is 36.4 Å². The monoisotopic (exact) mass is 330 g/mol. The standard InChI is InChI=1S/C21H30O3/c1-14(2)13-23-19-9-7-6-8-18(19)21(22)24-20-12-16(5)10-11-17(20)15(3)4/h6-9,15-17,20H,1,10-13H2,2-5H3. The molecule has 132 valence electrons. The van der Waals surface area contributed by atoms with Crippen LogP contribution < -0.4 is 4.74 Å². The lowest BCUT2D eigenvalue weighted by molar-refractivity contribution is -0.0176. The number of carbonyl (C=O) groups excluding carboxylic acids is 1. The first-order valence-electron chi connectivity index (χ1n) is 8.95. The summed E-state index contributed by atoms with van der Waals surface area (Å²) in [6.45, 7) is 12.8. The van der Waals surface area contributed by atoms with Gasteiger partial charge in [-0.2, -0.15) is 0 Å². The summed E-state index contributed by atoms with van der Waals surface area (Å²) in [5, 5.41) is 0. The van der Waals surface area contributed by atoms with E-state index >= 15 is 0 Å². The van der Waals surface area contributed by atoms with E-state index in [1.807, 2.05) is 25.1 Å². The van der Waals surface area contributed by atoms with Crippen LogP contribution in [0.5, 0.6) is 5.75 Å². The molecule has 1 aromatic rings. The molecular weight excluding hydrogens is 300 g/mol. The van der Waals surface area contributed by atoms with Gasteiger partial charge in [0.15, 0.2) is 0 Å². The molecule has 0 aromatic heterocycles. The zero-order valence-corrected chi connectivity index (χ0v) is 15.4. The molecule has 0 spiro atoms. The highest BCUT2D eigenvalue weighted by molar-refractivity contribution is 5.92. The fourth-order valence-corrected chi connectivity index (χ4v) is 3.41. The molecule has 24 heavy (non-hydrogen) atoms. The molecule has 3 unspecified atom stereocenters. The largest absolute Gasteiger partial charge is 0.488 e. The molecular formula is C21H30O3. The van der Waals surface area contributed by atoms with Crippen molar-refractivity contribution in [2.75, 3.05) is 6.61 Å². The minimum atomic E-state index is -0.280. The van der Waals surface area contributed by atoms with Crippen LogP contribution in [-0.4, -0.2) is 18.7 Å². The average molecular weight is 330 g/mol. The molecule has 1 aliphatic rings. The number of ether oxygens (including phenoxy) is 2. The summed E-state index contributed by atoms with van der Waals surface area (Å²) in [4.78, 5) is 12.7. The van der Waals surface area contributed by atoms with Crippen LogP contribution in [0.25, 0.3) is 0 Å². The number of carbonyl (C=O) groups is 1. The van der Waals surface area contributed by atoms with Crippen molar-refractivity contribution in [3.05, 3.63) is 42.0 Å². The third-order valence-electron chi connectivity index (χ3n) is 4.80. The first-order valence-corrected chi connectivity index (χ1v) is 8.95. The fraction of sp³-hybridized carbons (Fsp3) is 0.571. The first kappa shape index (κ1) is 18.6. The lowest BCUT2D eigenvalue weighted by Crippen LogP contribution is -2.36. The number of para-hydroxylation sites is 1. The van der Waals surface area contributed by atoms with Gasteiger partial charge in [0, 0.05) is 0 Å². The SMILES string of the molecule is C=C(C)COc1ccccc1C(=O)OC1CC(C)CCC1C(C)C. The van der Waals surface area contributed by atoms with Crippen LogP contribution in [0.2, 0.25) is 0 Å². The first-order chi connectivity index (χ1) is 11.4. The number of hydrogen-bond donors (Lipinski definition) is 0. The molecule has 3 atom stereocenters. The van der Waals surface area contributed by atoms with E-state index in [1.165, 1.54) is 6.42 Å². The van der Waals surface area contributed by atoms with E-state index in [0.29, 0.717) is 35.7 Å². The highest BCUT2D eigenvalue weighted by Crippen LogP contribution is 2.36. The molecule has 0 amide bonds. The lowest BCUT2D eigenvalue weighted by Gasteiger charge is -2.36. The molecule has 0 N–H and O–H groups in total. The minimum absolute atomic E-state index is 0.00422. The second-order valence-electron chi connectivity index (χ2n) is 7.51. The van der Waals surface area contributed by atoms with Gasteiger partial charge in [-0.3, -0.25) is 0 Å². The van der Waals surface area contributed by atoms with Gasteiger partial charge >= 0.3 is 5.97 Å². The van der Waals surface area contributed by atoms with E-state index in [9.17, 15) is 4.79 Å². The van der Waals surface area contributed by atoms with Gasteiger partial charge in [-0.25, -0.2) is 4.79 Å². The number of hydrogen-bond acceptors (Lipinski definition) is 3. The molecule has 0 aliphatic heterocycles. The summed E-state index contributed by atoms with van der Waals surface area (Å²) < 4.78 is 11.6. The van der Waals surface area contributed by atoms with Gasteiger partial charge < -0.3 is 9.47 Å².